The normalized spacial score (nSPS) is 20.2. The van der Waals surface area contributed by atoms with Gasteiger partial charge in [-0.3, -0.25) is 0 Å². The number of rotatable bonds is 7. The van der Waals surface area contributed by atoms with Crippen LogP contribution in [-0.4, -0.2) is 24.5 Å². The summed E-state index contributed by atoms with van der Waals surface area (Å²) >= 11 is 1.83. The number of quaternary nitrogens is 1. The largest absolute Gasteiger partial charge is 0.323 e. The van der Waals surface area contributed by atoms with Crippen LogP contribution in [0.1, 0.15) is 49.4 Å². The Morgan fingerprint density at radius 1 is 1.36 bits per heavy atom. The smallest absolute Gasteiger partial charge is 0.238 e. The van der Waals surface area contributed by atoms with Gasteiger partial charge >= 0.3 is 0 Å². The fourth-order valence-electron chi connectivity index (χ4n) is 4.20. The van der Waals surface area contributed by atoms with Gasteiger partial charge in [0.15, 0.2) is 5.82 Å². The zero-order valence-electron chi connectivity index (χ0n) is 16.1. The number of fused-ring (bicyclic) bond motifs is 1. The zero-order chi connectivity index (χ0) is 19.7. The van der Waals surface area contributed by atoms with E-state index >= 15 is 0 Å². The third-order valence-electron chi connectivity index (χ3n) is 5.62. The number of hydrogen-bond acceptors (Lipinski definition) is 4. The van der Waals surface area contributed by atoms with Crippen molar-refractivity contribution >= 4 is 32.4 Å². The molecule has 2 aromatic heterocycles. The molecule has 1 saturated heterocycles. The van der Waals surface area contributed by atoms with Gasteiger partial charge in [-0.15, -0.1) is 11.3 Å². The highest BCUT2D eigenvalue weighted by Crippen LogP contribution is 2.25. The van der Waals surface area contributed by atoms with E-state index in [0.717, 1.165) is 43.8 Å². The Morgan fingerprint density at radius 3 is 2.93 bits per heavy atom. The second-order valence-corrected chi connectivity index (χ2v) is 10.1. The van der Waals surface area contributed by atoms with Crippen molar-refractivity contribution in [2.45, 2.75) is 56.6 Å². The van der Waals surface area contributed by atoms with Gasteiger partial charge in [-0.1, -0.05) is 19.4 Å². The molecule has 3 heterocycles. The third kappa shape index (κ3) is 3.87. The van der Waals surface area contributed by atoms with Crippen molar-refractivity contribution in [2.75, 3.05) is 6.54 Å². The van der Waals surface area contributed by atoms with Gasteiger partial charge < -0.3 is 9.47 Å². The highest BCUT2D eigenvalue weighted by molar-refractivity contribution is 7.89. The molecule has 0 spiro atoms. The molecule has 4 rings (SSSR count). The van der Waals surface area contributed by atoms with Crippen molar-refractivity contribution in [3.63, 3.8) is 0 Å². The molecule has 0 aliphatic carbocycles. The summed E-state index contributed by atoms with van der Waals surface area (Å²) in [5.41, 5.74) is 1.70. The van der Waals surface area contributed by atoms with Crippen LogP contribution >= 0.6 is 11.3 Å². The molecular formula is C20H27N4O2S2+. The molecule has 1 aliphatic heterocycles. The summed E-state index contributed by atoms with van der Waals surface area (Å²) in [5, 5.41) is 7.46. The van der Waals surface area contributed by atoms with Gasteiger partial charge in [0.25, 0.3) is 0 Å². The predicted octanol–water partition coefficient (Wildman–Crippen LogP) is 2.47. The Morgan fingerprint density at radius 2 is 2.21 bits per heavy atom. The van der Waals surface area contributed by atoms with Gasteiger partial charge in [-0.05, 0) is 36.1 Å². The van der Waals surface area contributed by atoms with E-state index < -0.39 is 10.0 Å². The summed E-state index contributed by atoms with van der Waals surface area (Å²) in [5.74, 6) is 1.04. The van der Waals surface area contributed by atoms with Gasteiger partial charge in [-0.25, -0.2) is 18.5 Å². The lowest BCUT2D eigenvalue weighted by Crippen LogP contribution is -3.09. The van der Waals surface area contributed by atoms with Crippen LogP contribution in [-0.2, 0) is 23.1 Å². The number of nitrogens with one attached hydrogen (secondary N) is 1. The number of unbranched alkanes of at least 4 members (excludes halogenated alkanes) is 1. The van der Waals surface area contributed by atoms with Crippen LogP contribution < -0.4 is 10.0 Å². The number of thiophene rings is 1. The molecule has 3 N–H and O–H groups in total. The highest BCUT2D eigenvalue weighted by atomic mass is 32.2. The SMILES string of the molecule is CCCCn1c(C[NH+]2CCC[C@@H]2c2cccs2)nc2cc(S(N)(=O)=O)ccc21. The Hall–Kier alpha value is -1.74. The lowest BCUT2D eigenvalue weighted by Gasteiger charge is -2.21. The maximum absolute atomic E-state index is 11.7. The number of hydrogen-bond donors (Lipinski definition) is 2. The minimum Gasteiger partial charge on any atom is -0.323 e. The molecule has 1 unspecified atom stereocenters. The second kappa shape index (κ2) is 7.94. The molecule has 2 atom stereocenters. The minimum atomic E-state index is -3.73. The Labute approximate surface area is 170 Å². The molecule has 28 heavy (non-hydrogen) atoms. The molecule has 0 amide bonds. The average molecular weight is 420 g/mol. The van der Waals surface area contributed by atoms with E-state index in [1.807, 2.05) is 17.4 Å². The molecule has 6 nitrogen and oxygen atoms in total. The van der Waals surface area contributed by atoms with Crippen molar-refractivity contribution < 1.29 is 13.3 Å². The van der Waals surface area contributed by atoms with E-state index in [-0.39, 0.29) is 4.90 Å². The van der Waals surface area contributed by atoms with Crippen LogP contribution in [0.15, 0.2) is 40.6 Å². The molecule has 8 heteroatoms. The first kappa shape index (κ1) is 19.6. The van der Waals surface area contributed by atoms with E-state index in [0.29, 0.717) is 11.6 Å². The van der Waals surface area contributed by atoms with Crippen LogP contribution in [0.2, 0.25) is 0 Å². The van der Waals surface area contributed by atoms with Crippen molar-refractivity contribution in [3.05, 3.63) is 46.4 Å². The third-order valence-corrected chi connectivity index (χ3v) is 7.51. The number of sulfonamides is 1. The number of aryl methyl sites for hydroxylation is 1. The molecule has 1 fully saturated rings. The van der Waals surface area contributed by atoms with Crippen LogP contribution in [0, 0.1) is 0 Å². The van der Waals surface area contributed by atoms with E-state index in [1.165, 1.54) is 17.7 Å². The first-order chi connectivity index (χ1) is 13.5. The fourth-order valence-corrected chi connectivity index (χ4v) is 5.65. The summed E-state index contributed by atoms with van der Waals surface area (Å²) in [6.45, 7) is 5.07. The fraction of sp³-hybridized carbons (Fsp3) is 0.450. The molecule has 3 aromatic rings. The van der Waals surface area contributed by atoms with E-state index in [2.05, 4.69) is 29.0 Å². The quantitative estimate of drug-likeness (QED) is 0.617. The van der Waals surface area contributed by atoms with Gasteiger partial charge in [0, 0.05) is 19.4 Å². The van der Waals surface area contributed by atoms with Gasteiger partial charge in [0.2, 0.25) is 10.0 Å². The molecule has 1 aliphatic rings. The van der Waals surface area contributed by atoms with Gasteiger partial charge in [0.1, 0.15) is 12.6 Å². The number of likely N-dealkylation sites (tertiary alicyclic amines) is 1. The number of imidazole rings is 1. The van der Waals surface area contributed by atoms with E-state index in [9.17, 15) is 8.42 Å². The predicted molar refractivity (Wildman–Crippen MR) is 112 cm³/mol. The summed E-state index contributed by atoms with van der Waals surface area (Å²) in [6.07, 6.45) is 4.60. The topological polar surface area (TPSA) is 82.4 Å². The number of nitrogens with zero attached hydrogens (tertiary/aromatic N) is 2. The van der Waals surface area contributed by atoms with Gasteiger partial charge in [-0.2, -0.15) is 0 Å². The Bertz CT molecular complexity index is 1060. The second-order valence-electron chi connectivity index (χ2n) is 7.52. The summed E-state index contributed by atoms with van der Waals surface area (Å²) in [7, 11) is -3.73. The number of aromatic nitrogens is 2. The monoisotopic (exact) mass is 419 g/mol. The summed E-state index contributed by atoms with van der Waals surface area (Å²) in [6, 6.07) is 9.92. The molecule has 0 bridgehead atoms. The lowest BCUT2D eigenvalue weighted by molar-refractivity contribution is -0.932. The zero-order valence-corrected chi connectivity index (χ0v) is 17.7. The van der Waals surface area contributed by atoms with Crippen LogP contribution in [0.3, 0.4) is 0 Å². The maximum Gasteiger partial charge on any atom is 0.238 e. The summed E-state index contributed by atoms with van der Waals surface area (Å²) in [4.78, 5) is 7.95. The first-order valence-electron chi connectivity index (χ1n) is 9.87. The Kier molecular flexibility index (Phi) is 5.55. The number of nitrogens with two attached hydrogens (primary N) is 1. The Balaban J connectivity index is 1.70. The van der Waals surface area contributed by atoms with E-state index in [4.69, 9.17) is 10.1 Å². The minimum absolute atomic E-state index is 0.122. The number of benzene rings is 1. The van der Waals surface area contributed by atoms with Crippen LogP contribution in [0.5, 0.6) is 0 Å². The van der Waals surface area contributed by atoms with Crippen molar-refractivity contribution in [3.8, 4) is 0 Å². The van der Waals surface area contributed by atoms with E-state index in [1.54, 1.807) is 17.0 Å². The van der Waals surface area contributed by atoms with Crippen molar-refractivity contribution in [1.82, 2.24) is 9.55 Å². The van der Waals surface area contributed by atoms with Gasteiger partial charge in [0.05, 0.1) is 27.4 Å². The molecule has 0 radical (unpaired) electrons. The van der Waals surface area contributed by atoms with Crippen molar-refractivity contribution in [2.24, 2.45) is 5.14 Å². The molecule has 0 saturated carbocycles. The molecule has 1 aromatic carbocycles. The molecular weight excluding hydrogens is 392 g/mol. The number of primary sulfonamides is 1. The summed E-state index contributed by atoms with van der Waals surface area (Å²) < 4.78 is 25.7. The van der Waals surface area contributed by atoms with Crippen LogP contribution in [0.4, 0.5) is 0 Å². The standard InChI is InChI=1S/C20H26N4O2S2/c1-2-3-11-24-17-9-8-15(28(21,25)26)13-16(17)22-20(24)14-23-10-4-6-18(23)19-7-5-12-27-19/h5,7-9,12-13,18H,2-4,6,10-11,14H2,1H3,(H2,21,25,26)/p+1/t18-/m1/s1. The first-order valence-corrected chi connectivity index (χ1v) is 12.3. The highest BCUT2D eigenvalue weighted by Gasteiger charge is 2.32. The lowest BCUT2D eigenvalue weighted by atomic mass is 10.2. The molecule has 150 valence electrons. The van der Waals surface area contributed by atoms with Crippen LogP contribution in [0.25, 0.3) is 11.0 Å². The maximum atomic E-state index is 11.7. The van der Waals surface area contributed by atoms with Crippen molar-refractivity contribution in [1.29, 1.82) is 0 Å². The average Bonchev–Trinajstić information content (AvgIpc) is 3.38.